The van der Waals surface area contributed by atoms with Crippen LogP contribution < -0.4 is 14.8 Å². The predicted octanol–water partition coefficient (Wildman–Crippen LogP) is 4.91. The van der Waals surface area contributed by atoms with Crippen LogP contribution in [0.15, 0.2) is 18.2 Å². The lowest BCUT2D eigenvalue weighted by Crippen LogP contribution is -2.42. The highest BCUT2D eigenvalue weighted by atomic mass is 16.7. The van der Waals surface area contributed by atoms with Gasteiger partial charge in [0.1, 0.15) is 12.1 Å². The van der Waals surface area contributed by atoms with Crippen LogP contribution in [0.4, 0.5) is 4.79 Å². The molecule has 1 aromatic rings. The summed E-state index contributed by atoms with van der Waals surface area (Å²) in [5.41, 5.74) is 0.546. The molecule has 0 aromatic heterocycles. The zero-order chi connectivity index (χ0) is 28.7. The van der Waals surface area contributed by atoms with Crippen molar-refractivity contribution in [1.82, 2.24) is 5.32 Å². The Kier molecular flexibility index (Phi) is 15.0. The van der Waals surface area contributed by atoms with Crippen LogP contribution in [0.3, 0.4) is 0 Å². The molecule has 0 saturated heterocycles. The molecule has 10 nitrogen and oxygen atoms in total. The van der Waals surface area contributed by atoms with Crippen LogP contribution in [0.25, 0.3) is 0 Å². The maximum Gasteiger partial charge on any atom is 0.508 e. The van der Waals surface area contributed by atoms with E-state index in [0.29, 0.717) is 5.56 Å². The van der Waals surface area contributed by atoms with Gasteiger partial charge in [-0.05, 0) is 49.3 Å². The van der Waals surface area contributed by atoms with E-state index < -0.39 is 36.2 Å². The number of unbranched alkanes of at least 4 members (excludes halogenated alkanes) is 2. The predicted molar refractivity (Wildman–Crippen MR) is 141 cm³/mol. The first-order chi connectivity index (χ1) is 17.9. The SMILES string of the molecule is CCCCCOC(=O)OC(C)CN[C@@H](Cc1ccc(OC(=O)CC(C)C)c(OC(=O)CC(C)C)c1)C(=O)O. The second-order valence-electron chi connectivity index (χ2n) is 10.2. The minimum Gasteiger partial charge on any atom is -0.480 e. The number of carboxylic acids is 1. The molecule has 0 aliphatic rings. The summed E-state index contributed by atoms with van der Waals surface area (Å²) >= 11 is 0. The van der Waals surface area contributed by atoms with E-state index in [1.54, 1.807) is 13.0 Å². The smallest absolute Gasteiger partial charge is 0.480 e. The zero-order valence-corrected chi connectivity index (χ0v) is 23.4. The number of carbonyl (C=O) groups excluding carboxylic acids is 3. The first-order valence-electron chi connectivity index (χ1n) is 13.2. The monoisotopic (exact) mass is 537 g/mol. The fourth-order valence-electron chi connectivity index (χ4n) is 3.38. The van der Waals surface area contributed by atoms with Gasteiger partial charge in [-0.15, -0.1) is 0 Å². The third kappa shape index (κ3) is 14.0. The molecular formula is C28H43NO9. The molecule has 0 aliphatic heterocycles. The standard InChI is InChI=1S/C28H43NO9/c1-7-8-9-12-35-28(34)36-20(6)17-29-22(27(32)33)15-21-10-11-23(37-25(30)13-18(2)3)24(16-21)38-26(31)14-19(4)5/h10-11,16,18-20,22,29H,7-9,12-15,17H2,1-6H3,(H,32,33)/t20?,22-/m0/s1. The second kappa shape index (κ2) is 17.4. The molecule has 0 amide bonds. The molecule has 0 heterocycles. The number of hydrogen-bond donors (Lipinski definition) is 2. The van der Waals surface area contributed by atoms with E-state index >= 15 is 0 Å². The maximum atomic E-state index is 12.3. The summed E-state index contributed by atoms with van der Waals surface area (Å²) in [6, 6.07) is 3.59. The topological polar surface area (TPSA) is 137 Å². The van der Waals surface area contributed by atoms with Gasteiger partial charge < -0.3 is 29.4 Å². The Labute approximate surface area is 225 Å². The number of nitrogens with one attached hydrogen (secondary N) is 1. The number of hydrogen-bond acceptors (Lipinski definition) is 9. The summed E-state index contributed by atoms with van der Waals surface area (Å²) in [4.78, 5) is 48.2. The Morgan fingerprint density at radius 3 is 2.05 bits per heavy atom. The van der Waals surface area contributed by atoms with Gasteiger partial charge >= 0.3 is 24.1 Å². The number of ether oxygens (including phenoxy) is 4. The van der Waals surface area contributed by atoms with Crippen molar-refractivity contribution < 1.29 is 43.2 Å². The lowest BCUT2D eigenvalue weighted by Gasteiger charge is -2.19. The van der Waals surface area contributed by atoms with Gasteiger partial charge in [-0.1, -0.05) is 53.5 Å². The Balaban J connectivity index is 2.88. The summed E-state index contributed by atoms with van der Waals surface area (Å²) in [5, 5.41) is 12.6. The van der Waals surface area contributed by atoms with E-state index in [2.05, 4.69) is 5.32 Å². The van der Waals surface area contributed by atoms with Crippen molar-refractivity contribution in [3.05, 3.63) is 23.8 Å². The van der Waals surface area contributed by atoms with E-state index in [-0.39, 0.29) is 55.7 Å². The molecule has 0 fully saturated rings. The summed E-state index contributed by atoms with van der Waals surface area (Å²) in [6.07, 6.45) is 1.69. The zero-order valence-electron chi connectivity index (χ0n) is 23.4. The number of carboxylic acid groups (broad SMARTS) is 1. The van der Waals surface area contributed by atoms with E-state index in [1.807, 2.05) is 34.6 Å². The van der Waals surface area contributed by atoms with Crippen molar-refractivity contribution in [2.45, 2.75) is 92.2 Å². The normalized spacial score (nSPS) is 12.6. The van der Waals surface area contributed by atoms with Crippen molar-refractivity contribution in [2.24, 2.45) is 11.8 Å². The molecule has 1 rings (SSSR count). The maximum absolute atomic E-state index is 12.3. The van der Waals surface area contributed by atoms with Crippen LogP contribution in [0.5, 0.6) is 11.5 Å². The molecule has 38 heavy (non-hydrogen) atoms. The molecule has 0 radical (unpaired) electrons. The van der Waals surface area contributed by atoms with Crippen LogP contribution in [-0.2, 0) is 30.3 Å². The average Bonchev–Trinajstić information content (AvgIpc) is 2.79. The molecule has 0 aliphatic carbocycles. The fraction of sp³-hybridized carbons (Fsp3) is 0.643. The lowest BCUT2D eigenvalue weighted by atomic mass is 10.0. The van der Waals surface area contributed by atoms with E-state index in [9.17, 15) is 24.3 Å². The van der Waals surface area contributed by atoms with E-state index in [0.717, 1.165) is 19.3 Å². The van der Waals surface area contributed by atoms with Crippen molar-refractivity contribution in [3.8, 4) is 11.5 Å². The highest BCUT2D eigenvalue weighted by Crippen LogP contribution is 2.30. The molecule has 0 saturated carbocycles. The van der Waals surface area contributed by atoms with Crippen LogP contribution in [0.1, 0.15) is 79.2 Å². The Hall–Kier alpha value is -3.14. The minimum absolute atomic E-state index is 0.0401. The molecule has 214 valence electrons. The fourth-order valence-corrected chi connectivity index (χ4v) is 3.38. The third-order valence-corrected chi connectivity index (χ3v) is 5.26. The largest absolute Gasteiger partial charge is 0.508 e. The number of rotatable bonds is 17. The molecule has 1 aromatic carbocycles. The van der Waals surface area contributed by atoms with Crippen molar-refractivity contribution in [2.75, 3.05) is 13.2 Å². The molecule has 2 N–H and O–H groups in total. The summed E-state index contributed by atoms with van der Waals surface area (Å²) in [5.74, 6) is -1.75. The Bertz CT molecular complexity index is 914. The minimum atomic E-state index is -1.11. The summed E-state index contributed by atoms with van der Waals surface area (Å²) in [7, 11) is 0. The van der Waals surface area contributed by atoms with Gasteiger partial charge in [0.2, 0.25) is 0 Å². The second-order valence-corrected chi connectivity index (χ2v) is 10.2. The average molecular weight is 538 g/mol. The van der Waals surface area contributed by atoms with Crippen LogP contribution >= 0.6 is 0 Å². The molecule has 0 spiro atoms. The Morgan fingerprint density at radius 1 is 0.895 bits per heavy atom. The van der Waals surface area contributed by atoms with E-state index in [4.69, 9.17) is 18.9 Å². The quantitative estimate of drug-likeness (QED) is 0.160. The van der Waals surface area contributed by atoms with Crippen LogP contribution in [-0.4, -0.2) is 54.5 Å². The Morgan fingerprint density at radius 2 is 1.50 bits per heavy atom. The molecule has 1 unspecified atom stereocenters. The van der Waals surface area contributed by atoms with Gasteiger partial charge in [-0.3, -0.25) is 14.4 Å². The van der Waals surface area contributed by atoms with Crippen molar-refractivity contribution >= 4 is 24.1 Å². The number of carbonyl (C=O) groups is 4. The lowest BCUT2D eigenvalue weighted by molar-refractivity contribution is -0.139. The number of benzene rings is 1. The van der Waals surface area contributed by atoms with Crippen molar-refractivity contribution in [3.63, 3.8) is 0 Å². The van der Waals surface area contributed by atoms with Crippen molar-refractivity contribution in [1.29, 1.82) is 0 Å². The first-order valence-corrected chi connectivity index (χ1v) is 13.2. The number of esters is 2. The van der Waals surface area contributed by atoms with Gasteiger partial charge in [0.05, 0.1) is 6.61 Å². The van der Waals surface area contributed by atoms with Gasteiger partial charge in [0.25, 0.3) is 0 Å². The van der Waals surface area contributed by atoms with Gasteiger partial charge in [0.15, 0.2) is 11.5 Å². The highest BCUT2D eigenvalue weighted by Gasteiger charge is 2.22. The molecule has 10 heteroatoms. The molecule has 2 atom stereocenters. The van der Waals surface area contributed by atoms with Gasteiger partial charge in [-0.2, -0.15) is 0 Å². The van der Waals surface area contributed by atoms with Crippen LogP contribution in [0, 0.1) is 11.8 Å². The summed E-state index contributed by atoms with van der Waals surface area (Å²) < 4.78 is 21.1. The summed E-state index contributed by atoms with van der Waals surface area (Å²) in [6.45, 7) is 11.6. The third-order valence-electron chi connectivity index (χ3n) is 5.26. The van der Waals surface area contributed by atoms with Crippen LogP contribution in [0.2, 0.25) is 0 Å². The first kappa shape index (κ1) is 32.9. The van der Waals surface area contributed by atoms with E-state index in [1.165, 1.54) is 12.1 Å². The van der Waals surface area contributed by atoms with Gasteiger partial charge in [-0.25, -0.2) is 4.79 Å². The number of aliphatic carboxylic acids is 1. The molecular weight excluding hydrogens is 494 g/mol. The highest BCUT2D eigenvalue weighted by molar-refractivity contribution is 5.77. The molecule has 0 bridgehead atoms. The van der Waals surface area contributed by atoms with Gasteiger partial charge in [0, 0.05) is 19.4 Å².